The average molecular weight is 66.0 g/mol. The van der Waals surface area contributed by atoms with E-state index in [2.05, 4.69) is 0 Å². The Hall–Kier alpha value is 0.0674. The van der Waals surface area contributed by atoms with Crippen LogP contribution in [-0.4, -0.2) is 5.97 Å². The van der Waals surface area contributed by atoms with Gasteiger partial charge in [-0.15, -0.1) is 0 Å². The Kier molecular flexibility index (Phi) is 7.25. The van der Waals surface area contributed by atoms with Crippen molar-refractivity contribution in [2.24, 2.45) is 0 Å². The van der Waals surface area contributed by atoms with Gasteiger partial charge in [0.2, 0.25) is 0 Å². The molecule has 2 nitrogen and oxygen atoms in total. The molecule has 0 spiro atoms. The van der Waals surface area contributed by atoms with Crippen LogP contribution in [0.25, 0.3) is 0 Å². The topological polar surface area (TPSA) is 40.1 Å². The van der Waals surface area contributed by atoms with Gasteiger partial charge in [-0.2, -0.15) is 0 Å². The van der Waals surface area contributed by atoms with E-state index in [4.69, 9.17) is 9.90 Å². The van der Waals surface area contributed by atoms with Crippen molar-refractivity contribution in [2.75, 3.05) is 0 Å². The number of carbonyl (C=O) groups excluding carboxylic acids is 1. The fourth-order valence-electron chi connectivity index (χ4n) is 0. The second kappa shape index (κ2) is 4.07. The maximum absolute atomic E-state index is 8.89. The van der Waals surface area contributed by atoms with Gasteiger partial charge in [-0.1, -0.05) is 0 Å². The van der Waals surface area contributed by atoms with Crippen LogP contribution in [0.1, 0.15) is 6.92 Å². The van der Waals surface area contributed by atoms with Crippen molar-refractivity contribution in [3.8, 4) is 0 Å². The molecule has 0 saturated carbocycles. The molecule has 3 heteroatoms. The van der Waals surface area contributed by atoms with Crippen LogP contribution in [0, 0.1) is 0 Å². The number of hydrogen-bond donors (Lipinski definition) is 0. The molecule has 0 bridgehead atoms. The van der Waals surface area contributed by atoms with Crippen molar-refractivity contribution in [1.29, 1.82) is 0 Å². The third-order valence-corrected chi connectivity index (χ3v) is 0. The quantitative estimate of drug-likeness (QED) is 0.269. The van der Waals surface area contributed by atoms with E-state index in [0.29, 0.717) is 0 Å². The van der Waals surface area contributed by atoms with Crippen molar-refractivity contribution in [1.82, 2.24) is 0 Å². The number of hydrogen-bond acceptors (Lipinski definition) is 2. The molecule has 0 heterocycles. The van der Waals surface area contributed by atoms with E-state index >= 15 is 0 Å². The van der Waals surface area contributed by atoms with Crippen LogP contribution in [0.5, 0.6) is 0 Å². The molecule has 0 aromatic heterocycles. The van der Waals surface area contributed by atoms with Crippen molar-refractivity contribution in [3.05, 3.63) is 0 Å². The van der Waals surface area contributed by atoms with E-state index in [1.807, 2.05) is 0 Å². The molecular formula is C2H3LiO2. The van der Waals surface area contributed by atoms with Gasteiger partial charge < -0.3 is 9.90 Å². The molecule has 0 saturated heterocycles. The molecule has 0 aliphatic carbocycles. The maximum atomic E-state index is 8.89. The summed E-state index contributed by atoms with van der Waals surface area (Å²) in [6, 6.07) is 0. The van der Waals surface area contributed by atoms with Gasteiger partial charge in [0.25, 0.3) is 0 Å². The average Bonchev–Trinajstić information content (AvgIpc) is 0.811. The third-order valence-electron chi connectivity index (χ3n) is 0. The normalized spacial score (nSPS) is 5.00. The molecule has 0 fully saturated rings. The van der Waals surface area contributed by atoms with Crippen LogP contribution in [0.2, 0.25) is 0 Å². The Morgan fingerprint density at radius 3 is 1.80 bits per heavy atom. The molecule has 24 valence electrons. The van der Waals surface area contributed by atoms with Gasteiger partial charge in [0.1, 0.15) is 0 Å². The molecule has 0 aromatic rings. The zero-order valence-electron chi connectivity index (χ0n) is 3.32. The first kappa shape index (κ1) is 8.91. The number of aliphatic carboxylic acids is 1. The molecule has 0 aliphatic rings. The summed E-state index contributed by atoms with van der Waals surface area (Å²) in [4.78, 5) is 8.89. The Labute approximate surface area is 42.4 Å². The molecular weight excluding hydrogens is 63.0 g/mol. The maximum Gasteiger partial charge on any atom is 1.00 e. The molecule has 0 unspecified atom stereocenters. The van der Waals surface area contributed by atoms with Crippen LogP contribution in [0.4, 0.5) is 0 Å². The molecule has 0 radical (unpaired) electrons. The summed E-state index contributed by atoms with van der Waals surface area (Å²) in [6.45, 7) is 0.972. The molecule has 0 N–H and O–H groups in total. The van der Waals surface area contributed by atoms with Gasteiger partial charge >= 0.3 is 18.9 Å². The number of carboxylic acids is 1. The molecule has 0 amide bonds. The van der Waals surface area contributed by atoms with Crippen LogP contribution in [-0.2, 0) is 4.79 Å². The van der Waals surface area contributed by atoms with Gasteiger partial charge in [0.15, 0.2) is 0 Å². The fourth-order valence-corrected chi connectivity index (χ4v) is 0. The van der Waals surface area contributed by atoms with Gasteiger partial charge in [0.05, 0.1) is 0 Å². The summed E-state index contributed by atoms with van der Waals surface area (Å²) in [6.07, 6.45) is 0. The van der Waals surface area contributed by atoms with Crippen LogP contribution in [0.15, 0.2) is 0 Å². The number of carboxylic acid groups (broad SMARTS) is 1. The van der Waals surface area contributed by atoms with Gasteiger partial charge in [-0.25, -0.2) is 0 Å². The van der Waals surface area contributed by atoms with Crippen molar-refractivity contribution < 1.29 is 28.8 Å². The van der Waals surface area contributed by atoms with Gasteiger partial charge in [-0.05, 0) is 6.92 Å². The van der Waals surface area contributed by atoms with Crippen molar-refractivity contribution in [3.63, 3.8) is 0 Å². The zero-order chi connectivity index (χ0) is 3.58. The van der Waals surface area contributed by atoms with Crippen molar-refractivity contribution in [2.45, 2.75) is 6.92 Å². The monoisotopic (exact) mass is 66.0 g/mol. The summed E-state index contributed by atoms with van der Waals surface area (Å²) >= 11 is 0. The van der Waals surface area contributed by atoms with Crippen LogP contribution < -0.4 is 24.0 Å². The molecule has 0 atom stereocenters. The smallest absolute Gasteiger partial charge is 0.550 e. The fraction of sp³-hybridized carbons (Fsp3) is 0.500. The number of rotatable bonds is 0. The van der Waals surface area contributed by atoms with Crippen LogP contribution >= 0.6 is 0 Å². The van der Waals surface area contributed by atoms with Gasteiger partial charge in [-0.3, -0.25) is 0 Å². The van der Waals surface area contributed by atoms with Gasteiger partial charge in [0, 0.05) is 5.97 Å². The molecule has 0 aromatic carbocycles. The Morgan fingerprint density at radius 1 is 1.80 bits per heavy atom. The zero-order valence-corrected chi connectivity index (χ0v) is 3.32. The van der Waals surface area contributed by atoms with Crippen molar-refractivity contribution >= 4 is 5.97 Å². The summed E-state index contributed by atoms with van der Waals surface area (Å²) in [7, 11) is 0. The SMILES string of the molecule is [12CH3]C(=O)[O-].[Li+]. The first-order valence-corrected chi connectivity index (χ1v) is 0.908. The Balaban J connectivity index is 0. The Morgan fingerprint density at radius 2 is 1.80 bits per heavy atom. The van der Waals surface area contributed by atoms with E-state index in [1.165, 1.54) is 0 Å². The molecule has 5 heavy (non-hydrogen) atoms. The summed E-state index contributed by atoms with van der Waals surface area (Å²) in [5.41, 5.74) is 0. The molecule has 0 rings (SSSR count). The number of carbonyl (C=O) groups is 1. The third kappa shape index (κ3) is 3830. The minimum absolute atomic E-state index is 0. The Bertz CT molecular complexity index is 30.6. The second-order valence-electron chi connectivity index (χ2n) is 0.492. The summed E-state index contributed by atoms with van der Waals surface area (Å²) in [5, 5.41) is 8.89. The molecule has 0 aliphatic heterocycles. The summed E-state index contributed by atoms with van der Waals surface area (Å²) < 4.78 is 0. The standard InChI is InChI=1S/C2H4O2.Li/c1-2(3)4;/h1H3,(H,3,4);/q;+1/p-1/i1+0;. The minimum Gasteiger partial charge on any atom is -0.550 e. The predicted molar refractivity (Wildman–Crippen MR) is 10.7 cm³/mol. The minimum atomic E-state index is -1.08. The predicted octanol–water partition coefficient (Wildman–Crippen LogP) is -4.24. The first-order chi connectivity index (χ1) is 1.73. The van der Waals surface area contributed by atoms with E-state index in [0.717, 1.165) is 6.92 Å². The van der Waals surface area contributed by atoms with E-state index in [1.54, 1.807) is 0 Å². The van der Waals surface area contributed by atoms with E-state index in [-0.39, 0.29) is 18.9 Å². The summed E-state index contributed by atoms with van der Waals surface area (Å²) in [5.74, 6) is -1.08. The largest absolute Gasteiger partial charge is 1.00 e. The van der Waals surface area contributed by atoms with E-state index in [9.17, 15) is 0 Å². The van der Waals surface area contributed by atoms with E-state index < -0.39 is 5.97 Å². The first-order valence-electron chi connectivity index (χ1n) is 0.908. The second-order valence-corrected chi connectivity index (χ2v) is 0.492. The van der Waals surface area contributed by atoms with Crippen LogP contribution in [0.3, 0.4) is 0 Å².